The van der Waals surface area contributed by atoms with E-state index in [-0.39, 0.29) is 5.97 Å². The van der Waals surface area contributed by atoms with E-state index in [0.29, 0.717) is 17.8 Å². The molecule has 0 unspecified atom stereocenters. The van der Waals surface area contributed by atoms with Crippen molar-refractivity contribution in [2.75, 3.05) is 61.9 Å². The molecule has 172 valence electrons. The SMILES string of the molecule is COC(=O)c1ccc(N)cc1N(CCN1CCN(c2ccccc2)CC1)Cc1ccccn1. The number of anilines is 3. The largest absolute Gasteiger partial charge is 0.465 e. The molecular weight excluding hydrogens is 414 g/mol. The average molecular weight is 446 g/mol. The monoisotopic (exact) mass is 445 g/mol. The van der Waals surface area contributed by atoms with Gasteiger partial charge in [0.2, 0.25) is 0 Å². The van der Waals surface area contributed by atoms with E-state index in [2.05, 4.69) is 50.0 Å². The van der Waals surface area contributed by atoms with Gasteiger partial charge in [-0.15, -0.1) is 0 Å². The number of carbonyl (C=O) groups excluding carboxylic acids is 1. The maximum absolute atomic E-state index is 12.5. The third-order valence-corrected chi connectivity index (χ3v) is 6.03. The zero-order valence-electron chi connectivity index (χ0n) is 19.1. The van der Waals surface area contributed by atoms with Crippen molar-refractivity contribution < 1.29 is 9.53 Å². The number of carbonyl (C=O) groups is 1. The van der Waals surface area contributed by atoms with Gasteiger partial charge in [0.05, 0.1) is 30.6 Å². The Labute approximate surface area is 195 Å². The Kier molecular flexibility index (Phi) is 7.42. The summed E-state index contributed by atoms with van der Waals surface area (Å²) in [6.07, 6.45) is 1.79. The number of nitrogens with zero attached hydrogens (tertiary/aromatic N) is 4. The van der Waals surface area contributed by atoms with E-state index in [0.717, 1.165) is 50.6 Å². The number of nitrogens with two attached hydrogens (primary N) is 1. The van der Waals surface area contributed by atoms with Gasteiger partial charge >= 0.3 is 5.97 Å². The van der Waals surface area contributed by atoms with Gasteiger partial charge in [-0.1, -0.05) is 24.3 Å². The highest BCUT2D eigenvalue weighted by Crippen LogP contribution is 2.26. The Morgan fingerprint density at radius 2 is 1.79 bits per heavy atom. The molecule has 1 fully saturated rings. The Bertz CT molecular complexity index is 1040. The van der Waals surface area contributed by atoms with Crippen molar-refractivity contribution in [2.45, 2.75) is 6.54 Å². The quantitative estimate of drug-likeness (QED) is 0.421. The molecule has 0 radical (unpaired) electrons. The number of methoxy groups -OCH3 is 1. The Balaban J connectivity index is 1.47. The third-order valence-electron chi connectivity index (χ3n) is 6.03. The molecule has 2 N–H and O–H groups in total. The first-order valence-corrected chi connectivity index (χ1v) is 11.3. The summed E-state index contributed by atoms with van der Waals surface area (Å²) >= 11 is 0. The zero-order valence-corrected chi connectivity index (χ0v) is 19.1. The number of esters is 1. The fourth-order valence-corrected chi connectivity index (χ4v) is 4.20. The number of pyridine rings is 1. The van der Waals surface area contributed by atoms with E-state index in [9.17, 15) is 4.79 Å². The van der Waals surface area contributed by atoms with Gasteiger partial charge in [0.1, 0.15) is 0 Å². The molecular formula is C26H31N5O2. The van der Waals surface area contributed by atoms with E-state index in [1.54, 1.807) is 18.3 Å². The number of piperazine rings is 1. The maximum atomic E-state index is 12.5. The second kappa shape index (κ2) is 10.8. The van der Waals surface area contributed by atoms with Gasteiger partial charge in [-0.25, -0.2) is 4.79 Å². The van der Waals surface area contributed by atoms with Crippen LogP contribution in [-0.4, -0.2) is 62.2 Å². The van der Waals surface area contributed by atoms with E-state index < -0.39 is 0 Å². The Morgan fingerprint density at radius 3 is 2.48 bits per heavy atom. The van der Waals surface area contributed by atoms with Crippen molar-refractivity contribution in [3.63, 3.8) is 0 Å². The lowest BCUT2D eigenvalue weighted by molar-refractivity contribution is 0.0601. The minimum atomic E-state index is -0.368. The van der Waals surface area contributed by atoms with E-state index in [4.69, 9.17) is 10.5 Å². The highest BCUT2D eigenvalue weighted by molar-refractivity contribution is 5.96. The highest BCUT2D eigenvalue weighted by Gasteiger charge is 2.21. The number of para-hydroxylation sites is 1. The lowest BCUT2D eigenvalue weighted by Gasteiger charge is -2.37. The lowest BCUT2D eigenvalue weighted by atomic mass is 10.1. The smallest absolute Gasteiger partial charge is 0.339 e. The number of hydrogen-bond donors (Lipinski definition) is 1. The van der Waals surface area contributed by atoms with Gasteiger partial charge in [-0.2, -0.15) is 0 Å². The maximum Gasteiger partial charge on any atom is 0.339 e. The number of aromatic nitrogens is 1. The van der Waals surface area contributed by atoms with Gasteiger partial charge in [0, 0.05) is 56.8 Å². The highest BCUT2D eigenvalue weighted by atomic mass is 16.5. The summed E-state index contributed by atoms with van der Waals surface area (Å²) in [4.78, 5) is 24.0. The molecule has 33 heavy (non-hydrogen) atoms. The molecule has 2 heterocycles. The lowest BCUT2D eigenvalue weighted by Crippen LogP contribution is -2.48. The summed E-state index contributed by atoms with van der Waals surface area (Å²) < 4.78 is 5.03. The Morgan fingerprint density at radius 1 is 1.03 bits per heavy atom. The van der Waals surface area contributed by atoms with Crippen molar-refractivity contribution in [3.8, 4) is 0 Å². The van der Waals surface area contributed by atoms with Crippen LogP contribution < -0.4 is 15.5 Å². The topological polar surface area (TPSA) is 74.9 Å². The molecule has 0 aliphatic carbocycles. The van der Waals surface area contributed by atoms with Gasteiger partial charge < -0.3 is 20.3 Å². The molecule has 0 bridgehead atoms. The average Bonchev–Trinajstić information content (AvgIpc) is 2.87. The molecule has 1 aliphatic heterocycles. The van der Waals surface area contributed by atoms with Crippen molar-refractivity contribution in [2.24, 2.45) is 0 Å². The second-order valence-electron chi connectivity index (χ2n) is 8.18. The van der Waals surface area contributed by atoms with Crippen LogP contribution in [0.25, 0.3) is 0 Å². The molecule has 0 spiro atoms. The van der Waals surface area contributed by atoms with Crippen LogP contribution in [0.1, 0.15) is 16.1 Å². The molecule has 1 saturated heterocycles. The summed E-state index contributed by atoms with van der Waals surface area (Å²) in [5.41, 5.74) is 10.2. The second-order valence-corrected chi connectivity index (χ2v) is 8.18. The molecule has 3 aromatic rings. The molecule has 0 amide bonds. The third kappa shape index (κ3) is 5.81. The van der Waals surface area contributed by atoms with Gasteiger partial charge in [0.15, 0.2) is 0 Å². The molecule has 4 rings (SSSR count). The van der Waals surface area contributed by atoms with Gasteiger partial charge in [-0.05, 0) is 42.5 Å². The molecule has 7 nitrogen and oxygen atoms in total. The van der Waals surface area contributed by atoms with E-state index in [1.807, 2.05) is 24.3 Å². The van der Waals surface area contributed by atoms with Gasteiger partial charge in [-0.3, -0.25) is 9.88 Å². The molecule has 0 atom stereocenters. The molecule has 7 heteroatoms. The van der Waals surface area contributed by atoms with Crippen LogP contribution in [0.5, 0.6) is 0 Å². The van der Waals surface area contributed by atoms with Crippen LogP contribution in [0.3, 0.4) is 0 Å². The standard InChI is InChI=1S/C26H31N5O2/c1-33-26(32)24-11-10-21(27)19-25(24)31(20-22-7-5-6-12-28-22)18-15-29-13-16-30(17-14-29)23-8-3-2-4-9-23/h2-12,19H,13-18,20,27H2,1H3. The Hall–Kier alpha value is -3.58. The van der Waals surface area contributed by atoms with Crippen molar-refractivity contribution >= 4 is 23.0 Å². The summed E-state index contributed by atoms with van der Waals surface area (Å²) in [6.45, 7) is 6.19. The van der Waals surface area contributed by atoms with Crippen molar-refractivity contribution in [1.82, 2.24) is 9.88 Å². The molecule has 1 aromatic heterocycles. The van der Waals surface area contributed by atoms with Gasteiger partial charge in [0.25, 0.3) is 0 Å². The van der Waals surface area contributed by atoms with Crippen LogP contribution in [-0.2, 0) is 11.3 Å². The summed E-state index contributed by atoms with van der Waals surface area (Å²) in [6, 6.07) is 21.7. The normalized spacial score (nSPS) is 14.2. The van der Waals surface area contributed by atoms with E-state index >= 15 is 0 Å². The first-order valence-electron chi connectivity index (χ1n) is 11.3. The number of benzene rings is 2. The predicted molar refractivity (Wildman–Crippen MR) is 133 cm³/mol. The predicted octanol–water partition coefficient (Wildman–Crippen LogP) is 3.28. The molecule has 0 saturated carbocycles. The number of rotatable bonds is 8. The molecule has 2 aromatic carbocycles. The molecule has 1 aliphatic rings. The first-order chi connectivity index (χ1) is 16.1. The minimum absolute atomic E-state index is 0.368. The fourth-order valence-electron chi connectivity index (χ4n) is 4.20. The summed E-state index contributed by atoms with van der Waals surface area (Å²) in [5.74, 6) is -0.368. The number of nitrogen functional groups attached to an aromatic ring is 1. The van der Waals surface area contributed by atoms with Crippen molar-refractivity contribution in [3.05, 3.63) is 84.2 Å². The van der Waals surface area contributed by atoms with E-state index in [1.165, 1.54) is 12.8 Å². The number of hydrogen-bond acceptors (Lipinski definition) is 7. The number of ether oxygens (including phenoxy) is 1. The summed E-state index contributed by atoms with van der Waals surface area (Å²) in [7, 11) is 1.40. The minimum Gasteiger partial charge on any atom is -0.465 e. The van der Waals surface area contributed by atoms with Crippen LogP contribution >= 0.6 is 0 Å². The van der Waals surface area contributed by atoms with Crippen LogP contribution in [0.4, 0.5) is 17.1 Å². The van der Waals surface area contributed by atoms with Crippen LogP contribution in [0.15, 0.2) is 72.9 Å². The van der Waals surface area contributed by atoms with Crippen LogP contribution in [0, 0.1) is 0 Å². The van der Waals surface area contributed by atoms with Crippen LogP contribution in [0.2, 0.25) is 0 Å². The first kappa shape index (κ1) is 22.6. The zero-order chi connectivity index (χ0) is 23.0. The summed E-state index contributed by atoms with van der Waals surface area (Å²) in [5, 5.41) is 0. The van der Waals surface area contributed by atoms with Crippen molar-refractivity contribution in [1.29, 1.82) is 0 Å². The fraction of sp³-hybridized carbons (Fsp3) is 0.308.